The lowest BCUT2D eigenvalue weighted by Crippen LogP contribution is -2.37. The molecule has 0 aromatic heterocycles. The number of sulfonamides is 1. The number of halogens is 1. The van der Waals surface area contributed by atoms with Gasteiger partial charge in [0.05, 0.1) is 11.4 Å². The highest BCUT2D eigenvalue weighted by Crippen LogP contribution is 2.21. The normalized spacial score (nSPS) is 15.9. The van der Waals surface area contributed by atoms with Crippen LogP contribution in [0.25, 0.3) is 0 Å². The van der Waals surface area contributed by atoms with E-state index < -0.39 is 10.0 Å². The second-order valence-electron chi connectivity index (χ2n) is 6.59. The minimum atomic E-state index is -3.40. The van der Waals surface area contributed by atoms with Gasteiger partial charge in [-0.1, -0.05) is 31.9 Å². The average Bonchev–Trinajstić information content (AvgIpc) is 2.67. The molecular formula is C19H33IN4O2S. The molecule has 2 N–H and O–H groups in total. The molecule has 0 saturated carbocycles. The number of nitrogens with one attached hydrogen (secondary N) is 2. The Labute approximate surface area is 181 Å². The summed E-state index contributed by atoms with van der Waals surface area (Å²) in [6.45, 7) is 7.55. The molecule has 0 bridgehead atoms. The van der Waals surface area contributed by atoms with Gasteiger partial charge in [-0.15, -0.1) is 24.0 Å². The van der Waals surface area contributed by atoms with E-state index in [0.29, 0.717) is 24.5 Å². The highest BCUT2D eigenvalue weighted by atomic mass is 127. The van der Waals surface area contributed by atoms with Gasteiger partial charge < -0.3 is 10.6 Å². The first kappa shape index (κ1) is 24.2. The number of hydrogen-bond donors (Lipinski definition) is 2. The van der Waals surface area contributed by atoms with Crippen LogP contribution in [0.1, 0.15) is 51.5 Å². The monoisotopic (exact) mass is 508 g/mol. The first-order chi connectivity index (χ1) is 12.6. The van der Waals surface area contributed by atoms with Crippen molar-refractivity contribution < 1.29 is 8.42 Å². The van der Waals surface area contributed by atoms with Gasteiger partial charge in [0.25, 0.3) is 0 Å². The smallest absolute Gasteiger partial charge is 0.243 e. The molecule has 8 heteroatoms. The van der Waals surface area contributed by atoms with Gasteiger partial charge in [0.1, 0.15) is 0 Å². The lowest BCUT2D eigenvalue weighted by atomic mass is 10.2. The number of aliphatic imine (C=N–C) groups is 1. The standard InChI is InChI=1S/C19H32N4O2S.HI/c1-3-5-12-21-19(20-4-2)22-16-17-10-9-11-18(15-17)26(24,25)23-13-7-6-8-14-23;/h9-11,15H,3-8,12-14,16H2,1-2H3,(H2,20,21,22);1H. The Balaban J connectivity index is 0.00000364. The van der Waals surface area contributed by atoms with Crippen molar-refractivity contribution in [3.63, 3.8) is 0 Å². The molecule has 0 radical (unpaired) electrons. The molecular weight excluding hydrogens is 475 g/mol. The predicted molar refractivity (Wildman–Crippen MR) is 122 cm³/mol. The fourth-order valence-electron chi connectivity index (χ4n) is 2.95. The molecule has 154 valence electrons. The summed E-state index contributed by atoms with van der Waals surface area (Å²) in [6.07, 6.45) is 5.22. The van der Waals surface area contributed by atoms with Gasteiger partial charge in [0.2, 0.25) is 10.0 Å². The summed E-state index contributed by atoms with van der Waals surface area (Å²) < 4.78 is 27.2. The van der Waals surface area contributed by atoms with E-state index in [4.69, 9.17) is 0 Å². The zero-order valence-corrected chi connectivity index (χ0v) is 19.6. The van der Waals surface area contributed by atoms with Crippen LogP contribution in [-0.2, 0) is 16.6 Å². The van der Waals surface area contributed by atoms with Gasteiger partial charge in [0, 0.05) is 26.2 Å². The van der Waals surface area contributed by atoms with Crippen LogP contribution in [0.2, 0.25) is 0 Å². The Morgan fingerprint density at radius 2 is 1.89 bits per heavy atom. The summed E-state index contributed by atoms with van der Waals surface area (Å²) in [5.74, 6) is 0.769. The summed E-state index contributed by atoms with van der Waals surface area (Å²) in [5, 5.41) is 6.52. The molecule has 0 amide bonds. The fraction of sp³-hybridized carbons (Fsp3) is 0.632. The van der Waals surface area contributed by atoms with Crippen LogP contribution in [0.5, 0.6) is 0 Å². The summed E-state index contributed by atoms with van der Waals surface area (Å²) in [6, 6.07) is 7.17. The molecule has 1 aromatic carbocycles. The summed E-state index contributed by atoms with van der Waals surface area (Å²) in [7, 11) is -3.40. The van der Waals surface area contributed by atoms with Crippen LogP contribution >= 0.6 is 24.0 Å². The third kappa shape index (κ3) is 7.57. The lowest BCUT2D eigenvalue weighted by molar-refractivity contribution is 0.346. The number of benzene rings is 1. The molecule has 1 fully saturated rings. The van der Waals surface area contributed by atoms with E-state index in [2.05, 4.69) is 22.5 Å². The molecule has 0 unspecified atom stereocenters. The number of rotatable bonds is 8. The molecule has 2 rings (SSSR count). The Morgan fingerprint density at radius 3 is 2.56 bits per heavy atom. The van der Waals surface area contributed by atoms with Crippen molar-refractivity contribution in [2.24, 2.45) is 4.99 Å². The van der Waals surface area contributed by atoms with Gasteiger partial charge in [-0.25, -0.2) is 13.4 Å². The van der Waals surface area contributed by atoms with Gasteiger partial charge in [-0.3, -0.25) is 0 Å². The van der Waals surface area contributed by atoms with E-state index in [0.717, 1.165) is 56.7 Å². The predicted octanol–water partition coefficient (Wildman–Crippen LogP) is 3.33. The summed E-state index contributed by atoms with van der Waals surface area (Å²) in [4.78, 5) is 4.95. The van der Waals surface area contributed by atoms with Crippen molar-refractivity contribution >= 4 is 40.0 Å². The molecule has 27 heavy (non-hydrogen) atoms. The van der Waals surface area contributed by atoms with E-state index in [9.17, 15) is 8.42 Å². The second-order valence-corrected chi connectivity index (χ2v) is 8.53. The van der Waals surface area contributed by atoms with Gasteiger partial charge in [-0.2, -0.15) is 4.31 Å². The van der Waals surface area contributed by atoms with E-state index in [1.165, 1.54) is 0 Å². The van der Waals surface area contributed by atoms with Crippen LogP contribution in [0, 0.1) is 0 Å². The van der Waals surface area contributed by atoms with Crippen LogP contribution < -0.4 is 10.6 Å². The molecule has 0 atom stereocenters. The molecule has 0 aliphatic carbocycles. The van der Waals surface area contributed by atoms with Crippen molar-refractivity contribution in [1.82, 2.24) is 14.9 Å². The Morgan fingerprint density at radius 1 is 1.15 bits per heavy atom. The fourth-order valence-corrected chi connectivity index (χ4v) is 4.54. The maximum absolute atomic E-state index is 12.8. The minimum Gasteiger partial charge on any atom is -0.357 e. The number of unbranched alkanes of at least 4 members (excludes halogenated alkanes) is 1. The molecule has 1 aliphatic rings. The molecule has 1 aliphatic heterocycles. The first-order valence-electron chi connectivity index (χ1n) is 9.69. The van der Waals surface area contributed by atoms with Crippen LogP contribution in [0.15, 0.2) is 34.2 Å². The zero-order valence-electron chi connectivity index (χ0n) is 16.4. The highest BCUT2D eigenvalue weighted by molar-refractivity contribution is 14.0. The Kier molecular flexibility index (Phi) is 11.2. The maximum Gasteiger partial charge on any atom is 0.243 e. The number of guanidine groups is 1. The molecule has 1 heterocycles. The minimum absolute atomic E-state index is 0. The van der Waals surface area contributed by atoms with E-state index >= 15 is 0 Å². The SMILES string of the molecule is CCCCNC(=NCc1cccc(S(=O)(=O)N2CCCCC2)c1)NCC.I. The highest BCUT2D eigenvalue weighted by Gasteiger charge is 2.25. The largest absolute Gasteiger partial charge is 0.357 e. The second kappa shape index (κ2) is 12.6. The topological polar surface area (TPSA) is 73.8 Å². The van der Waals surface area contributed by atoms with E-state index in [-0.39, 0.29) is 24.0 Å². The van der Waals surface area contributed by atoms with Gasteiger partial charge in [0.15, 0.2) is 5.96 Å². The quantitative estimate of drug-likeness (QED) is 0.245. The average molecular weight is 508 g/mol. The molecule has 1 saturated heterocycles. The third-order valence-electron chi connectivity index (χ3n) is 4.44. The van der Waals surface area contributed by atoms with Gasteiger partial charge >= 0.3 is 0 Å². The van der Waals surface area contributed by atoms with E-state index in [1.54, 1.807) is 22.5 Å². The van der Waals surface area contributed by atoms with Crippen molar-refractivity contribution in [1.29, 1.82) is 0 Å². The molecule has 1 aromatic rings. The van der Waals surface area contributed by atoms with Crippen LogP contribution in [0.4, 0.5) is 0 Å². The maximum atomic E-state index is 12.8. The van der Waals surface area contributed by atoms with Crippen molar-refractivity contribution in [3.05, 3.63) is 29.8 Å². The van der Waals surface area contributed by atoms with Gasteiger partial charge in [-0.05, 0) is 43.9 Å². The Bertz CT molecular complexity index is 689. The van der Waals surface area contributed by atoms with Crippen molar-refractivity contribution in [2.75, 3.05) is 26.2 Å². The Hall–Kier alpha value is -0.870. The number of nitrogens with zero attached hydrogens (tertiary/aromatic N) is 2. The third-order valence-corrected chi connectivity index (χ3v) is 6.33. The molecule has 0 spiro atoms. The van der Waals surface area contributed by atoms with Crippen LogP contribution in [-0.4, -0.2) is 44.9 Å². The van der Waals surface area contributed by atoms with Crippen molar-refractivity contribution in [3.8, 4) is 0 Å². The molecule has 6 nitrogen and oxygen atoms in total. The lowest BCUT2D eigenvalue weighted by Gasteiger charge is -2.26. The van der Waals surface area contributed by atoms with Crippen molar-refractivity contribution in [2.45, 2.75) is 57.4 Å². The zero-order chi connectivity index (χ0) is 18.8. The first-order valence-corrected chi connectivity index (χ1v) is 11.1. The number of hydrogen-bond acceptors (Lipinski definition) is 3. The summed E-state index contributed by atoms with van der Waals surface area (Å²) in [5.41, 5.74) is 0.899. The van der Waals surface area contributed by atoms with E-state index in [1.807, 2.05) is 13.0 Å². The summed E-state index contributed by atoms with van der Waals surface area (Å²) >= 11 is 0. The van der Waals surface area contributed by atoms with Crippen LogP contribution in [0.3, 0.4) is 0 Å². The number of piperidine rings is 1.